The minimum Gasteiger partial charge on any atom is -0.308 e. The molecule has 0 N–H and O–H groups in total. The molecule has 0 aliphatic carbocycles. The summed E-state index contributed by atoms with van der Waals surface area (Å²) >= 11 is 0. The van der Waals surface area contributed by atoms with Gasteiger partial charge in [-0.1, -0.05) is 176 Å². The summed E-state index contributed by atoms with van der Waals surface area (Å²) in [5.74, 6) is 3.31. The maximum absolute atomic E-state index is 9.95. The van der Waals surface area contributed by atoms with Crippen LogP contribution in [0.15, 0.2) is 224 Å². The average molecular weight is 908 g/mol. The molecule has 3 aromatic heterocycles. The SMILES string of the molecule is [C-]#[N+]c1ccc(-c2cc(-c3nc(-c4ccccc4)nc(-c4ccccc4)n3)cc(-c3ccc(C#N)cc3)c2-n2c3ccccc3c3cc(-c4nc(-c5ccccc5)nc(-c5ccccc5)n4)ccc32)cc1. The van der Waals surface area contributed by atoms with E-state index in [2.05, 4.69) is 70.1 Å². The van der Waals surface area contributed by atoms with Crippen LogP contribution >= 0.6 is 0 Å². The van der Waals surface area contributed by atoms with Crippen molar-refractivity contribution in [1.29, 1.82) is 5.26 Å². The quantitative estimate of drug-likeness (QED) is 0.133. The molecule has 0 aliphatic heterocycles. The van der Waals surface area contributed by atoms with E-state index in [1.54, 1.807) is 0 Å². The fourth-order valence-corrected chi connectivity index (χ4v) is 9.11. The second-order valence-electron chi connectivity index (χ2n) is 16.9. The Balaban J connectivity index is 1.14. The van der Waals surface area contributed by atoms with Gasteiger partial charge in [0.05, 0.1) is 34.9 Å². The minimum absolute atomic E-state index is 0.493. The van der Waals surface area contributed by atoms with Crippen LogP contribution in [0.5, 0.6) is 0 Å². The topological polar surface area (TPSA) is 110 Å². The lowest BCUT2D eigenvalue weighted by Gasteiger charge is -2.21. The van der Waals surface area contributed by atoms with Crippen molar-refractivity contribution in [3.8, 4) is 102 Å². The smallest absolute Gasteiger partial charge is 0.187 e. The molecule has 0 spiro atoms. The summed E-state index contributed by atoms with van der Waals surface area (Å²) in [4.78, 5) is 34.2. The lowest BCUT2D eigenvalue weighted by molar-refractivity contribution is 1.07. The fraction of sp³-hybridized carbons (Fsp3) is 0. The second kappa shape index (κ2) is 18.1. The molecule has 0 atom stereocenters. The number of para-hydroxylation sites is 1. The average Bonchev–Trinajstić information content (AvgIpc) is 3.78. The zero-order chi connectivity index (χ0) is 47.7. The van der Waals surface area contributed by atoms with Crippen LogP contribution in [0.3, 0.4) is 0 Å². The molecule has 0 saturated heterocycles. The number of rotatable bonds is 9. The van der Waals surface area contributed by atoms with Gasteiger partial charge in [0, 0.05) is 55.3 Å². The number of nitrogens with zero attached hydrogens (tertiary/aromatic N) is 9. The van der Waals surface area contributed by atoms with Crippen LogP contribution in [0.4, 0.5) is 5.69 Å². The monoisotopic (exact) mass is 907 g/mol. The predicted octanol–water partition coefficient (Wildman–Crippen LogP) is 14.9. The third-order valence-corrected chi connectivity index (χ3v) is 12.6. The Morgan fingerprint density at radius 1 is 0.352 bits per heavy atom. The number of hydrogen-bond acceptors (Lipinski definition) is 7. The van der Waals surface area contributed by atoms with Gasteiger partial charge < -0.3 is 4.57 Å². The van der Waals surface area contributed by atoms with Crippen molar-refractivity contribution in [1.82, 2.24) is 34.5 Å². The molecule has 0 radical (unpaired) electrons. The lowest BCUT2D eigenvalue weighted by Crippen LogP contribution is -2.04. The summed E-state index contributed by atoms with van der Waals surface area (Å²) in [5, 5.41) is 12.0. The number of hydrogen-bond donors (Lipinski definition) is 0. The van der Waals surface area contributed by atoms with Crippen LogP contribution in [0, 0.1) is 17.9 Å². The summed E-state index contributed by atoms with van der Waals surface area (Å²) in [5.41, 5.74) is 12.6. The normalized spacial score (nSPS) is 11.1. The Kier molecular flexibility index (Phi) is 10.8. The van der Waals surface area contributed by atoms with Gasteiger partial charge in [0.2, 0.25) is 0 Å². The van der Waals surface area contributed by atoms with Crippen molar-refractivity contribution in [3.05, 3.63) is 241 Å². The van der Waals surface area contributed by atoms with Gasteiger partial charge in [-0.3, -0.25) is 0 Å². The summed E-state index contributed by atoms with van der Waals surface area (Å²) in [7, 11) is 0. The summed E-state index contributed by atoms with van der Waals surface area (Å²) in [6.45, 7) is 7.82. The number of fused-ring (bicyclic) bond motifs is 3. The van der Waals surface area contributed by atoms with E-state index in [0.717, 1.165) is 83.1 Å². The van der Waals surface area contributed by atoms with Gasteiger partial charge in [-0.15, -0.1) is 0 Å². The Hall–Kier alpha value is -10.2. The first-order chi connectivity index (χ1) is 35.1. The molecule has 12 rings (SSSR count). The highest BCUT2D eigenvalue weighted by molar-refractivity contribution is 6.12. The predicted molar refractivity (Wildman–Crippen MR) is 282 cm³/mol. The van der Waals surface area contributed by atoms with E-state index >= 15 is 0 Å². The van der Waals surface area contributed by atoms with Crippen LogP contribution in [0.2, 0.25) is 0 Å². The highest BCUT2D eigenvalue weighted by Gasteiger charge is 2.24. The van der Waals surface area contributed by atoms with E-state index in [-0.39, 0.29) is 0 Å². The summed E-state index contributed by atoms with van der Waals surface area (Å²) < 4.78 is 2.32. The van der Waals surface area contributed by atoms with E-state index in [0.29, 0.717) is 46.2 Å². The van der Waals surface area contributed by atoms with Crippen molar-refractivity contribution < 1.29 is 0 Å². The number of benzene rings is 9. The van der Waals surface area contributed by atoms with Gasteiger partial charge in [0.1, 0.15) is 0 Å². The van der Waals surface area contributed by atoms with E-state index in [1.165, 1.54) is 0 Å². The molecule has 0 fully saturated rings. The van der Waals surface area contributed by atoms with E-state index < -0.39 is 0 Å². The molecule has 3 heterocycles. The molecule has 0 bridgehead atoms. The summed E-state index contributed by atoms with van der Waals surface area (Å²) in [6.07, 6.45) is 0. The fourth-order valence-electron chi connectivity index (χ4n) is 9.11. The minimum atomic E-state index is 0.493. The highest BCUT2D eigenvalue weighted by atomic mass is 15.0. The molecule has 12 aromatic rings. The Bertz CT molecular complexity index is 3840. The van der Waals surface area contributed by atoms with Crippen molar-refractivity contribution >= 4 is 27.5 Å². The molecule has 0 unspecified atom stereocenters. The molecule has 71 heavy (non-hydrogen) atoms. The van der Waals surface area contributed by atoms with Gasteiger partial charge in [0.25, 0.3) is 0 Å². The van der Waals surface area contributed by atoms with Crippen molar-refractivity contribution in [3.63, 3.8) is 0 Å². The van der Waals surface area contributed by atoms with Crippen LogP contribution in [0.1, 0.15) is 5.56 Å². The highest BCUT2D eigenvalue weighted by Crippen LogP contribution is 2.45. The molecule has 0 amide bonds. The lowest BCUT2D eigenvalue weighted by atomic mass is 9.92. The van der Waals surface area contributed by atoms with Crippen molar-refractivity contribution in [2.24, 2.45) is 0 Å². The molecule has 330 valence electrons. The molecule has 9 heteroatoms. The summed E-state index contributed by atoms with van der Waals surface area (Å²) in [6, 6.07) is 76.6. The van der Waals surface area contributed by atoms with Gasteiger partial charge in [-0.25, -0.2) is 34.7 Å². The molecule has 0 saturated carbocycles. The first-order valence-corrected chi connectivity index (χ1v) is 23.0. The van der Waals surface area contributed by atoms with Crippen molar-refractivity contribution in [2.45, 2.75) is 0 Å². The Morgan fingerprint density at radius 3 is 1.18 bits per heavy atom. The molecular formula is C62H37N9. The van der Waals surface area contributed by atoms with Gasteiger partial charge in [-0.2, -0.15) is 5.26 Å². The largest absolute Gasteiger partial charge is 0.308 e. The number of aromatic nitrogens is 7. The number of nitriles is 1. The van der Waals surface area contributed by atoms with E-state index in [9.17, 15) is 5.26 Å². The molecule has 9 aromatic carbocycles. The van der Waals surface area contributed by atoms with Crippen molar-refractivity contribution in [2.75, 3.05) is 0 Å². The Morgan fingerprint density at radius 2 is 0.732 bits per heavy atom. The van der Waals surface area contributed by atoms with Crippen LogP contribution in [-0.2, 0) is 0 Å². The van der Waals surface area contributed by atoms with Crippen LogP contribution in [0.25, 0.3) is 123 Å². The first kappa shape index (κ1) is 42.2. The van der Waals surface area contributed by atoms with Gasteiger partial charge in [0.15, 0.2) is 40.6 Å². The van der Waals surface area contributed by atoms with E-state index in [1.807, 2.05) is 170 Å². The van der Waals surface area contributed by atoms with Crippen LogP contribution < -0.4 is 0 Å². The molecule has 0 aliphatic rings. The zero-order valence-corrected chi connectivity index (χ0v) is 37.9. The molecular weight excluding hydrogens is 871 g/mol. The van der Waals surface area contributed by atoms with Gasteiger partial charge >= 0.3 is 0 Å². The first-order valence-electron chi connectivity index (χ1n) is 23.0. The third kappa shape index (κ3) is 8.02. The zero-order valence-electron chi connectivity index (χ0n) is 37.9. The second-order valence-corrected chi connectivity index (χ2v) is 16.9. The van der Waals surface area contributed by atoms with Crippen LogP contribution in [-0.4, -0.2) is 34.5 Å². The maximum atomic E-state index is 9.95. The van der Waals surface area contributed by atoms with E-state index in [4.69, 9.17) is 36.5 Å². The van der Waals surface area contributed by atoms with Gasteiger partial charge in [-0.05, 0) is 59.7 Å². The molecule has 9 nitrogen and oxygen atoms in total. The maximum Gasteiger partial charge on any atom is 0.187 e. The standard InChI is InChI=1S/C62H37N9/c1-64-49-33-30-42(31-34-49)52-38-48(62-69-59(45-20-10-4-11-21-45)66-60(70-62)46-22-12-5-13-23-46)37-51(41-28-26-40(39-63)27-29-41)56(52)71-54-25-15-14-24-50(54)53-36-47(32-35-55(53)71)61-67-57(43-16-6-2-7-17-43)65-58(68-61)44-18-8-3-9-19-44/h2-38H. The Labute approximate surface area is 409 Å². The third-order valence-electron chi connectivity index (χ3n) is 12.6.